The third-order valence-corrected chi connectivity index (χ3v) is 2.99. The number of unbranched alkanes of at least 4 members (excludes halogenated alkanes) is 1. The Morgan fingerprint density at radius 3 is 1.50 bits per heavy atom. The highest BCUT2D eigenvalue weighted by atomic mass is 16.4. The molecule has 3 unspecified atom stereocenters. The molecule has 0 saturated carbocycles. The third kappa shape index (κ3) is 2.67. The molecule has 0 aromatic heterocycles. The highest BCUT2D eigenvalue weighted by Gasteiger charge is 2.41. The molecule has 0 radical (unpaired) electrons. The minimum absolute atomic E-state index is 0.0617. The van der Waals surface area contributed by atoms with Crippen LogP contribution in [0, 0.1) is 0 Å². The Hall–Kier alpha value is -0.160. The molecular formula is C10H24NO3+. The van der Waals surface area contributed by atoms with Crippen molar-refractivity contribution in [2.24, 2.45) is 0 Å². The molecular weight excluding hydrogens is 182 g/mol. The van der Waals surface area contributed by atoms with E-state index in [1.807, 2.05) is 6.92 Å². The molecule has 0 fully saturated rings. The van der Waals surface area contributed by atoms with Crippen molar-refractivity contribution in [2.45, 2.75) is 59.2 Å². The molecule has 4 heteroatoms. The second-order valence-electron chi connectivity index (χ2n) is 3.97. The molecule has 3 N–H and O–H groups in total. The van der Waals surface area contributed by atoms with Crippen LogP contribution in [0.25, 0.3) is 0 Å². The number of aliphatic hydroxyl groups excluding tert-OH is 3. The number of hydrogen-bond acceptors (Lipinski definition) is 3. The van der Waals surface area contributed by atoms with Gasteiger partial charge in [-0.15, -0.1) is 0 Å². The van der Waals surface area contributed by atoms with E-state index in [0.29, 0.717) is 6.54 Å². The van der Waals surface area contributed by atoms with Crippen molar-refractivity contribution in [3.05, 3.63) is 0 Å². The Morgan fingerprint density at radius 2 is 1.29 bits per heavy atom. The number of aliphatic hydroxyl groups is 3. The average Bonchev–Trinajstić information content (AvgIpc) is 2.03. The summed E-state index contributed by atoms with van der Waals surface area (Å²) in [6.45, 7) is 7.45. The molecule has 0 spiro atoms. The second-order valence-corrected chi connectivity index (χ2v) is 3.97. The van der Waals surface area contributed by atoms with Gasteiger partial charge in [0.15, 0.2) is 18.7 Å². The van der Waals surface area contributed by atoms with E-state index in [1.165, 1.54) is 0 Å². The van der Waals surface area contributed by atoms with Gasteiger partial charge in [-0.2, -0.15) is 0 Å². The first-order valence-corrected chi connectivity index (χ1v) is 5.30. The minimum Gasteiger partial charge on any atom is -0.345 e. The molecule has 0 bridgehead atoms. The molecule has 4 nitrogen and oxygen atoms in total. The molecule has 3 atom stereocenters. The Morgan fingerprint density at radius 1 is 0.929 bits per heavy atom. The maximum atomic E-state index is 9.68. The van der Waals surface area contributed by atoms with Crippen LogP contribution >= 0.6 is 0 Å². The summed E-state index contributed by atoms with van der Waals surface area (Å²) in [5.41, 5.74) is 0. The molecule has 0 aliphatic heterocycles. The third-order valence-electron chi connectivity index (χ3n) is 2.99. The lowest BCUT2D eigenvalue weighted by Gasteiger charge is -2.45. The number of quaternary nitrogens is 1. The van der Waals surface area contributed by atoms with E-state index in [2.05, 4.69) is 0 Å². The van der Waals surface area contributed by atoms with Gasteiger partial charge in [0.25, 0.3) is 0 Å². The molecule has 0 amide bonds. The monoisotopic (exact) mass is 206 g/mol. The predicted molar refractivity (Wildman–Crippen MR) is 55.1 cm³/mol. The maximum Gasteiger partial charge on any atom is 0.191 e. The van der Waals surface area contributed by atoms with Crippen molar-refractivity contribution in [2.75, 3.05) is 6.54 Å². The van der Waals surface area contributed by atoms with E-state index in [-0.39, 0.29) is 4.48 Å². The van der Waals surface area contributed by atoms with Crippen molar-refractivity contribution in [3.8, 4) is 0 Å². The Labute approximate surface area is 86.4 Å². The fourth-order valence-electron chi connectivity index (χ4n) is 1.93. The number of nitrogens with zero attached hydrogens (tertiary/aromatic N) is 1. The lowest BCUT2D eigenvalue weighted by Crippen LogP contribution is -2.64. The van der Waals surface area contributed by atoms with E-state index in [0.717, 1.165) is 12.8 Å². The fraction of sp³-hybridized carbons (Fsp3) is 1.00. The van der Waals surface area contributed by atoms with Gasteiger partial charge in [-0.05, 0) is 6.42 Å². The molecule has 0 aromatic carbocycles. The summed E-state index contributed by atoms with van der Waals surface area (Å²) in [5.74, 6) is 0. The molecule has 0 aliphatic carbocycles. The van der Waals surface area contributed by atoms with Crippen LogP contribution in [0.4, 0.5) is 0 Å². The Bertz CT molecular complexity index is 136. The molecule has 0 aliphatic rings. The van der Waals surface area contributed by atoms with Crippen molar-refractivity contribution < 1.29 is 19.8 Å². The zero-order valence-corrected chi connectivity index (χ0v) is 9.64. The maximum absolute atomic E-state index is 9.68. The van der Waals surface area contributed by atoms with Crippen LogP contribution in [0.1, 0.15) is 40.5 Å². The molecule has 86 valence electrons. The first-order valence-electron chi connectivity index (χ1n) is 5.30. The molecule has 0 saturated heterocycles. The summed E-state index contributed by atoms with van der Waals surface area (Å²) in [6, 6.07) is 0. The van der Waals surface area contributed by atoms with E-state index in [1.54, 1.807) is 20.8 Å². The highest BCUT2D eigenvalue weighted by Crippen LogP contribution is 2.22. The van der Waals surface area contributed by atoms with Gasteiger partial charge in [0.1, 0.15) is 0 Å². The van der Waals surface area contributed by atoms with Crippen LogP contribution in [0.5, 0.6) is 0 Å². The number of hydrogen-bond donors (Lipinski definition) is 3. The summed E-state index contributed by atoms with van der Waals surface area (Å²) in [6.07, 6.45) is -0.433. The minimum atomic E-state index is -0.762. The second kappa shape index (κ2) is 5.66. The summed E-state index contributed by atoms with van der Waals surface area (Å²) in [4.78, 5) is 0. The van der Waals surface area contributed by atoms with Gasteiger partial charge in [-0.3, -0.25) is 0 Å². The van der Waals surface area contributed by atoms with Gasteiger partial charge in [0.2, 0.25) is 0 Å². The topological polar surface area (TPSA) is 60.7 Å². The average molecular weight is 206 g/mol. The lowest BCUT2D eigenvalue weighted by molar-refractivity contribution is -1.04. The first-order chi connectivity index (χ1) is 6.39. The van der Waals surface area contributed by atoms with Crippen LogP contribution in [0.2, 0.25) is 0 Å². The predicted octanol–water partition coefficient (Wildman–Crippen LogP) is 0.618. The highest BCUT2D eigenvalue weighted by molar-refractivity contribution is 4.48. The van der Waals surface area contributed by atoms with E-state index in [4.69, 9.17) is 0 Å². The first kappa shape index (κ1) is 13.8. The van der Waals surface area contributed by atoms with Crippen molar-refractivity contribution in [1.29, 1.82) is 0 Å². The zero-order chi connectivity index (χ0) is 11.4. The smallest absolute Gasteiger partial charge is 0.191 e. The van der Waals surface area contributed by atoms with E-state index in [9.17, 15) is 15.3 Å². The quantitative estimate of drug-likeness (QED) is 0.441. The van der Waals surface area contributed by atoms with Crippen molar-refractivity contribution >= 4 is 0 Å². The van der Waals surface area contributed by atoms with Crippen LogP contribution < -0.4 is 0 Å². The Kier molecular flexibility index (Phi) is 5.59. The normalized spacial score (nSPS) is 22.5. The van der Waals surface area contributed by atoms with Crippen molar-refractivity contribution in [1.82, 2.24) is 0 Å². The van der Waals surface area contributed by atoms with Crippen LogP contribution in [-0.4, -0.2) is 45.0 Å². The number of rotatable bonds is 6. The van der Waals surface area contributed by atoms with Crippen LogP contribution in [0.15, 0.2) is 0 Å². The summed E-state index contributed by atoms with van der Waals surface area (Å²) in [5, 5.41) is 29.0. The standard InChI is InChI=1S/C10H24NO3/c1-5-6-7-11(8(2)12,9(3)13)10(4)14/h8-10,12-14H,5-7H2,1-4H3/q+1. The van der Waals surface area contributed by atoms with Crippen LogP contribution in [0.3, 0.4) is 0 Å². The van der Waals surface area contributed by atoms with Gasteiger partial charge < -0.3 is 15.3 Å². The summed E-state index contributed by atoms with van der Waals surface area (Å²) >= 11 is 0. The molecule has 0 aromatic rings. The van der Waals surface area contributed by atoms with Crippen LogP contribution in [-0.2, 0) is 0 Å². The van der Waals surface area contributed by atoms with Crippen molar-refractivity contribution in [3.63, 3.8) is 0 Å². The summed E-state index contributed by atoms with van der Waals surface area (Å²) in [7, 11) is 0. The summed E-state index contributed by atoms with van der Waals surface area (Å²) < 4.78 is -0.0617. The molecule has 14 heavy (non-hydrogen) atoms. The van der Waals surface area contributed by atoms with Gasteiger partial charge in [0, 0.05) is 20.8 Å². The molecule has 0 heterocycles. The SMILES string of the molecule is CCCC[N+](C(C)O)(C(C)O)C(C)O. The lowest BCUT2D eigenvalue weighted by atomic mass is 10.2. The molecule has 0 rings (SSSR count). The van der Waals surface area contributed by atoms with Gasteiger partial charge in [0.05, 0.1) is 6.54 Å². The van der Waals surface area contributed by atoms with Gasteiger partial charge in [-0.25, -0.2) is 4.48 Å². The van der Waals surface area contributed by atoms with Gasteiger partial charge in [-0.1, -0.05) is 13.3 Å². The zero-order valence-electron chi connectivity index (χ0n) is 9.64. The van der Waals surface area contributed by atoms with E-state index >= 15 is 0 Å². The van der Waals surface area contributed by atoms with Gasteiger partial charge >= 0.3 is 0 Å². The van der Waals surface area contributed by atoms with E-state index < -0.39 is 18.7 Å². The Balaban J connectivity index is 4.76. The fourth-order valence-corrected chi connectivity index (χ4v) is 1.93. The largest absolute Gasteiger partial charge is 0.345 e.